The SMILES string of the molecule is Cc1cc(NCCc2nc(-c3ccccc3)n[nH]2)n2nc(C(F)(F)F)nc2n1. The summed E-state index contributed by atoms with van der Waals surface area (Å²) in [4.78, 5) is 11.9. The highest BCUT2D eigenvalue weighted by Crippen LogP contribution is 2.27. The smallest absolute Gasteiger partial charge is 0.369 e. The monoisotopic (exact) mass is 388 g/mol. The molecule has 0 saturated carbocycles. The summed E-state index contributed by atoms with van der Waals surface area (Å²) in [6.07, 6.45) is -4.14. The predicted molar refractivity (Wildman–Crippen MR) is 94.5 cm³/mol. The Hall–Kier alpha value is -3.50. The van der Waals surface area contributed by atoms with Crippen molar-refractivity contribution in [1.82, 2.24) is 34.8 Å². The van der Waals surface area contributed by atoms with Gasteiger partial charge in [0.05, 0.1) is 0 Å². The number of hydrogen-bond acceptors (Lipinski definition) is 6. The first-order valence-corrected chi connectivity index (χ1v) is 8.42. The Labute approximate surface area is 156 Å². The molecule has 11 heteroatoms. The van der Waals surface area contributed by atoms with Gasteiger partial charge in [-0.1, -0.05) is 30.3 Å². The molecule has 4 rings (SSSR count). The van der Waals surface area contributed by atoms with Crippen molar-refractivity contribution in [3.05, 3.63) is 53.7 Å². The van der Waals surface area contributed by atoms with Gasteiger partial charge in [0.15, 0.2) is 5.82 Å². The lowest BCUT2D eigenvalue weighted by atomic mass is 10.2. The van der Waals surface area contributed by atoms with Crippen LogP contribution in [0.3, 0.4) is 0 Å². The summed E-state index contributed by atoms with van der Waals surface area (Å²) in [5, 5.41) is 13.6. The maximum absolute atomic E-state index is 12.9. The first-order valence-electron chi connectivity index (χ1n) is 8.42. The van der Waals surface area contributed by atoms with Crippen LogP contribution in [-0.4, -0.2) is 41.3 Å². The molecule has 0 spiro atoms. The second-order valence-electron chi connectivity index (χ2n) is 6.08. The molecule has 28 heavy (non-hydrogen) atoms. The molecule has 0 amide bonds. The van der Waals surface area contributed by atoms with Gasteiger partial charge in [-0.15, -0.1) is 5.10 Å². The minimum atomic E-state index is -4.63. The molecule has 2 N–H and O–H groups in total. The van der Waals surface area contributed by atoms with Gasteiger partial charge in [0.2, 0.25) is 0 Å². The van der Waals surface area contributed by atoms with E-state index in [0.29, 0.717) is 36.1 Å². The van der Waals surface area contributed by atoms with E-state index in [1.54, 1.807) is 13.0 Å². The van der Waals surface area contributed by atoms with E-state index in [1.165, 1.54) is 0 Å². The summed E-state index contributed by atoms with van der Waals surface area (Å²) < 4.78 is 39.7. The fourth-order valence-electron chi connectivity index (χ4n) is 2.67. The molecule has 3 aromatic heterocycles. The standard InChI is InChI=1S/C17H15F3N8/c1-10-9-13(28-16(22-10)24-15(27-28)17(18,19)20)21-8-7-12-23-14(26-25-12)11-5-3-2-4-6-11/h2-6,9,21H,7-8H2,1H3,(H,23,25,26). The number of nitrogens with one attached hydrogen (secondary N) is 2. The van der Waals surface area contributed by atoms with Crippen LogP contribution in [-0.2, 0) is 12.6 Å². The highest BCUT2D eigenvalue weighted by atomic mass is 19.4. The largest absolute Gasteiger partial charge is 0.453 e. The third kappa shape index (κ3) is 3.63. The van der Waals surface area contributed by atoms with Crippen LogP contribution in [0.25, 0.3) is 17.2 Å². The molecule has 0 unspecified atom stereocenters. The van der Waals surface area contributed by atoms with Crippen molar-refractivity contribution < 1.29 is 13.2 Å². The van der Waals surface area contributed by atoms with Crippen LogP contribution >= 0.6 is 0 Å². The van der Waals surface area contributed by atoms with E-state index in [2.05, 4.69) is 35.6 Å². The number of benzene rings is 1. The fourth-order valence-corrected chi connectivity index (χ4v) is 2.67. The van der Waals surface area contributed by atoms with Crippen LogP contribution in [0.2, 0.25) is 0 Å². The van der Waals surface area contributed by atoms with E-state index in [1.807, 2.05) is 30.3 Å². The quantitative estimate of drug-likeness (QED) is 0.546. The lowest BCUT2D eigenvalue weighted by Crippen LogP contribution is -2.11. The minimum absolute atomic E-state index is 0.110. The fraction of sp³-hybridized carbons (Fsp3) is 0.235. The second kappa shape index (κ2) is 6.91. The number of fused-ring (bicyclic) bond motifs is 1. The van der Waals surface area contributed by atoms with Crippen molar-refractivity contribution in [2.75, 3.05) is 11.9 Å². The highest BCUT2D eigenvalue weighted by molar-refractivity contribution is 5.53. The number of anilines is 1. The summed E-state index contributed by atoms with van der Waals surface area (Å²) in [5.74, 6) is 0.275. The van der Waals surface area contributed by atoms with Crippen molar-refractivity contribution in [3.63, 3.8) is 0 Å². The van der Waals surface area contributed by atoms with Crippen LogP contribution in [0.5, 0.6) is 0 Å². The van der Waals surface area contributed by atoms with Crippen LogP contribution in [0.15, 0.2) is 36.4 Å². The molecular formula is C17H15F3N8. The third-order valence-corrected chi connectivity index (χ3v) is 3.93. The highest BCUT2D eigenvalue weighted by Gasteiger charge is 2.36. The van der Waals surface area contributed by atoms with Gasteiger partial charge >= 0.3 is 6.18 Å². The van der Waals surface area contributed by atoms with Crippen molar-refractivity contribution in [3.8, 4) is 11.4 Å². The van der Waals surface area contributed by atoms with E-state index in [0.717, 1.165) is 10.1 Å². The number of alkyl halides is 3. The third-order valence-electron chi connectivity index (χ3n) is 3.93. The second-order valence-corrected chi connectivity index (χ2v) is 6.08. The predicted octanol–water partition coefficient (Wildman–Crippen LogP) is 2.89. The molecule has 144 valence electrons. The normalized spacial score (nSPS) is 11.9. The molecule has 0 aliphatic heterocycles. The Bertz CT molecular complexity index is 1100. The van der Waals surface area contributed by atoms with Crippen LogP contribution in [0.1, 0.15) is 17.3 Å². The van der Waals surface area contributed by atoms with Crippen molar-refractivity contribution in [2.24, 2.45) is 0 Å². The minimum Gasteiger partial charge on any atom is -0.369 e. The van der Waals surface area contributed by atoms with Crippen LogP contribution < -0.4 is 5.32 Å². The van der Waals surface area contributed by atoms with Gasteiger partial charge in [-0.05, 0) is 6.92 Å². The maximum Gasteiger partial charge on any atom is 0.453 e. The van der Waals surface area contributed by atoms with E-state index < -0.39 is 12.0 Å². The van der Waals surface area contributed by atoms with Gasteiger partial charge in [-0.25, -0.2) is 9.97 Å². The number of rotatable bonds is 5. The van der Waals surface area contributed by atoms with Crippen molar-refractivity contribution >= 4 is 11.6 Å². The number of aromatic nitrogens is 7. The molecule has 4 aromatic rings. The van der Waals surface area contributed by atoms with Gasteiger partial charge in [-0.3, -0.25) is 5.10 Å². The zero-order valence-corrected chi connectivity index (χ0v) is 14.7. The topological polar surface area (TPSA) is 96.7 Å². The molecule has 0 radical (unpaired) electrons. The number of nitrogens with zero attached hydrogens (tertiary/aromatic N) is 6. The number of aromatic amines is 1. The van der Waals surface area contributed by atoms with Crippen molar-refractivity contribution in [1.29, 1.82) is 0 Å². The molecule has 0 fully saturated rings. The Morgan fingerprint density at radius 1 is 1.11 bits per heavy atom. The summed E-state index contributed by atoms with van der Waals surface area (Å²) >= 11 is 0. The lowest BCUT2D eigenvalue weighted by Gasteiger charge is -2.07. The number of H-pyrrole nitrogens is 1. The number of hydrogen-bond donors (Lipinski definition) is 2. The average Bonchev–Trinajstić information content (AvgIpc) is 3.29. The molecule has 3 heterocycles. The lowest BCUT2D eigenvalue weighted by molar-refractivity contribution is -0.144. The van der Waals surface area contributed by atoms with Gasteiger partial charge in [-0.2, -0.15) is 27.8 Å². The average molecular weight is 388 g/mol. The zero-order valence-electron chi connectivity index (χ0n) is 14.7. The van der Waals surface area contributed by atoms with Crippen LogP contribution in [0, 0.1) is 6.92 Å². The summed E-state index contributed by atoms with van der Waals surface area (Å²) in [7, 11) is 0. The molecular weight excluding hydrogens is 373 g/mol. The molecule has 0 saturated heterocycles. The molecule has 0 atom stereocenters. The zero-order chi connectivity index (χ0) is 19.7. The summed E-state index contributed by atoms with van der Waals surface area (Å²) in [6, 6.07) is 11.1. The van der Waals surface area contributed by atoms with Crippen molar-refractivity contribution in [2.45, 2.75) is 19.5 Å². The molecule has 0 bridgehead atoms. The Balaban J connectivity index is 1.49. The number of halogens is 3. The van der Waals surface area contributed by atoms with E-state index in [-0.39, 0.29) is 5.78 Å². The molecule has 0 aliphatic rings. The number of aryl methyl sites for hydroxylation is 1. The van der Waals surface area contributed by atoms with Gasteiger partial charge < -0.3 is 5.32 Å². The van der Waals surface area contributed by atoms with Gasteiger partial charge in [0.1, 0.15) is 11.6 Å². The van der Waals surface area contributed by atoms with E-state index in [9.17, 15) is 13.2 Å². The molecule has 8 nitrogen and oxygen atoms in total. The van der Waals surface area contributed by atoms with Gasteiger partial charge in [0, 0.05) is 30.3 Å². The maximum atomic E-state index is 12.9. The summed E-state index contributed by atoms with van der Waals surface area (Å²) in [6.45, 7) is 2.08. The van der Waals surface area contributed by atoms with E-state index in [4.69, 9.17) is 0 Å². The van der Waals surface area contributed by atoms with E-state index >= 15 is 0 Å². The Kier molecular flexibility index (Phi) is 4.41. The van der Waals surface area contributed by atoms with Crippen LogP contribution in [0.4, 0.5) is 19.0 Å². The van der Waals surface area contributed by atoms with Gasteiger partial charge in [0.25, 0.3) is 11.6 Å². The summed E-state index contributed by atoms with van der Waals surface area (Å²) in [5.41, 5.74) is 1.42. The first kappa shape index (κ1) is 17.9. The Morgan fingerprint density at radius 2 is 1.89 bits per heavy atom. The Morgan fingerprint density at radius 3 is 2.64 bits per heavy atom. The first-order chi connectivity index (χ1) is 13.4. The molecule has 1 aromatic carbocycles. The molecule has 0 aliphatic carbocycles.